The fourth-order valence-corrected chi connectivity index (χ4v) is 3.76. The number of aromatic nitrogens is 2. The van der Waals surface area contributed by atoms with E-state index in [-0.39, 0.29) is 24.1 Å². The molecular weight excluding hydrogens is 430 g/mol. The van der Waals surface area contributed by atoms with Crippen LogP contribution in [-0.2, 0) is 4.79 Å². The van der Waals surface area contributed by atoms with Crippen LogP contribution in [0.1, 0.15) is 33.7 Å². The normalized spacial score (nSPS) is 15.8. The van der Waals surface area contributed by atoms with E-state index >= 15 is 0 Å². The Balaban J connectivity index is 1.32. The first-order chi connectivity index (χ1) is 15.5. The van der Waals surface area contributed by atoms with Crippen LogP contribution in [0.25, 0.3) is 11.3 Å². The number of carbonyl (C=O) groups excluding carboxylic acids is 3. The Bertz CT molecular complexity index is 1110. The molecule has 0 aliphatic carbocycles. The van der Waals surface area contributed by atoms with Crippen molar-refractivity contribution in [1.29, 1.82) is 0 Å². The molecule has 3 N–H and O–H groups in total. The van der Waals surface area contributed by atoms with Gasteiger partial charge < -0.3 is 4.90 Å². The number of nitrogens with zero attached hydrogens (tertiary/aromatic N) is 2. The number of halogens is 1. The third kappa shape index (κ3) is 4.97. The standard InChI is InChI=1S/C23H22ClN5O3/c24-18-10-8-16(9-11-18)23(32)29-12-4-7-17(14-29)21(30)27-28-22(31)20-13-19(25-26-20)15-5-2-1-3-6-15/h1-3,5-6,8-11,13,17H,4,7,12,14H2,(H,25,26)(H,27,30)(H,28,31)/t17-/m1/s1. The van der Waals surface area contributed by atoms with Crippen LogP contribution < -0.4 is 10.9 Å². The van der Waals surface area contributed by atoms with Gasteiger partial charge >= 0.3 is 0 Å². The Hall–Kier alpha value is -3.65. The van der Waals surface area contributed by atoms with Crippen molar-refractivity contribution in [3.8, 4) is 11.3 Å². The van der Waals surface area contributed by atoms with Crippen LogP contribution in [-0.4, -0.2) is 45.9 Å². The molecule has 1 atom stereocenters. The number of piperidine rings is 1. The molecule has 0 bridgehead atoms. The lowest BCUT2D eigenvalue weighted by Gasteiger charge is -2.32. The quantitative estimate of drug-likeness (QED) is 0.530. The highest BCUT2D eigenvalue weighted by molar-refractivity contribution is 6.30. The Morgan fingerprint density at radius 3 is 2.53 bits per heavy atom. The van der Waals surface area contributed by atoms with Crippen LogP contribution >= 0.6 is 11.6 Å². The number of hydrogen-bond acceptors (Lipinski definition) is 4. The highest BCUT2D eigenvalue weighted by atomic mass is 35.5. The van der Waals surface area contributed by atoms with Crippen molar-refractivity contribution in [2.45, 2.75) is 12.8 Å². The van der Waals surface area contributed by atoms with Crippen LogP contribution in [0, 0.1) is 5.92 Å². The molecule has 32 heavy (non-hydrogen) atoms. The van der Waals surface area contributed by atoms with E-state index in [0.717, 1.165) is 5.56 Å². The maximum Gasteiger partial charge on any atom is 0.287 e. The molecule has 0 unspecified atom stereocenters. The number of likely N-dealkylation sites (tertiary alicyclic amines) is 1. The van der Waals surface area contributed by atoms with Crippen molar-refractivity contribution in [2.75, 3.05) is 13.1 Å². The molecule has 1 saturated heterocycles. The summed E-state index contributed by atoms with van der Waals surface area (Å²) < 4.78 is 0. The van der Waals surface area contributed by atoms with E-state index in [1.165, 1.54) is 0 Å². The van der Waals surface area contributed by atoms with Crippen LogP contribution in [0.5, 0.6) is 0 Å². The Labute approximate surface area is 189 Å². The summed E-state index contributed by atoms with van der Waals surface area (Å²) in [6.45, 7) is 0.860. The average Bonchev–Trinajstić information content (AvgIpc) is 3.33. The van der Waals surface area contributed by atoms with Gasteiger partial charge in [0, 0.05) is 29.2 Å². The van der Waals surface area contributed by atoms with Crippen molar-refractivity contribution in [3.05, 3.63) is 76.9 Å². The highest BCUT2D eigenvalue weighted by Gasteiger charge is 2.29. The van der Waals surface area contributed by atoms with Gasteiger partial charge in [0.1, 0.15) is 5.69 Å². The predicted molar refractivity (Wildman–Crippen MR) is 120 cm³/mol. The van der Waals surface area contributed by atoms with Gasteiger partial charge in [0.05, 0.1) is 11.6 Å². The number of carbonyl (C=O) groups is 3. The summed E-state index contributed by atoms with van der Waals surface area (Å²) in [4.78, 5) is 39.4. The third-order valence-corrected chi connectivity index (χ3v) is 5.61. The number of nitrogens with one attached hydrogen (secondary N) is 3. The maximum atomic E-state index is 12.7. The lowest BCUT2D eigenvalue weighted by Crippen LogP contribution is -2.50. The van der Waals surface area contributed by atoms with Crippen molar-refractivity contribution >= 4 is 29.3 Å². The molecule has 1 aromatic heterocycles. The topological polar surface area (TPSA) is 107 Å². The molecule has 0 radical (unpaired) electrons. The zero-order chi connectivity index (χ0) is 22.5. The van der Waals surface area contributed by atoms with Gasteiger partial charge in [0.15, 0.2) is 0 Å². The van der Waals surface area contributed by atoms with E-state index in [9.17, 15) is 14.4 Å². The number of hydrogen-bond donors (Lipinski definition) is 3. The van der Waals surface area contributed by atoms with Gasteiger partial charge in [-0.2, -0.15) is 5.10 Å². The summed E-state index contributed by atoms with van der Waals surface area (Å²) >= 11 is 5.89. The molecule has 9 heteroatoms. The van der Waals surface area contributed by atoms with E-state index < -0.39 is 11.8 Å². The van der Waals surface area contributed by atoms with Gasteiger partial charge in [-0.15, -0.1) is 0 Å². The minimum Gasteiger partial charge on any atom is -0.338 e. The summed E-state index contributed by atoms with van der Waals surface area (Å²) in [5.74, 6) is -1.40. The molecule has 2 aromatic carbocycles. The zero-order valence-electron chi connectivity index (χ0n) is 17.2. The zero-order valence-corrected chi connectivity index (χ0v) is 17.9. The van der Waals surface area contributed by atoms with Crippen molar-refractivity contribution in [3.63, 3.8) is 0 Å². The molecule has 2 heterocycles. The molecule has 1 aliphatic heterocycles. The van der Waals surface area contributed by atoms with E-state index in [1.807, 2.05) is 30.3 Å². The monoisotopic (exact) mass is 451 g/mol. The fraction of sp³-hybridized carbons (Fsp3) is 0.217. The van der Waals surface area contributed by atoms with Gasteiger partial charge in [-0.25, -0.2) is 0 Å². The average molecular weight is 452 g/mol. The molecule has 3 amide bonds. The van der Waals surface area contributed by atoms with E-state index in [1.54, 1.807) is 35.2 Å². The van der Waals surface area contributed by atoms with Crippen LogP contribution in [0.15, 0.2) is 60.7 Å². The summed E-state index contributed by atoms with van der Waals surface area (Å²) in [7, 11) is 0. The highest BCUT2D eigenvalue weighted by Crippen LogP contribution is 2.20. The second-order valence-corrected chi connectivity index (χ2v) is 8.01. The first-order valence-corrected chi connectivity index (χ1v) is 10.6. The minimum atomic E-state index is -0.502. The Morgan fingerprint density at radius 2 is 1.78 bits per heavy atom. The van der Waals surface area contributed by atoms with E-state index in [4.69, 9.17) is 11.6 Å². The lowest BCUT2D eigenvalue weighted by atomic mass is 9.96. The van der Waals surface area contributed by atoms with Crippen molar-refractivity contribution in [2.24, 2.45) is 5.92 Å². The molecule has 0 spiro atoms. The largest absolute Gasteiger partial charge is 0.338 e. The van der Waals surface area contributed by atoms with Crippen LogP contribution in [0.4, 0.5) is 0 Å². The summed E-state index contributed by atoms with van der Waals surface area (Å²) in [5.41, 5.74) is 7.14. The van der Waals surface area contributed by atoms with Gasteiger partial charge in [-0.3, -0.25) is 30.3 Å². The van der Waals surface area contributed by atoms with Crippen molar-refractivity contribution < 1.29 is 14.4 Å². The van der Waals surface area contributed by atoms with E-state index in [0.29, 0.717) is 35.7 Å². The Morgan fingerprint density at radius 1 is 1.03 bits per heavy atom. The molecule has 0 saturated carbocycles. The summed E-state index contributed by atoms with van der Waals surface area (Å²) in [6.07, 6.45) is 1.33. The van der Waals surface area contributed by atoms with Crippen LogP contribution in [0.2, 0.25) is 5.02 Å². The van der Waals surface area contributed by atoms with Gasteiger partial charge in [0.25, 0.3) is 11.8 Å². The second-order valence-electron chi connectivity index (χ2n) is 7.57. The number of aromatic amines is 1. The lowest BCUT2D eigenvalue weighted by molar-refractivity contribution is -0.127. The summed E-state index contributed by atoms with van der Waals surface area (Å²) in [6, 6.07) is 17.7. The number of rotatable bonds is 4. The molecule has 1 aliphatic rings. The molecule has 1 fully saturated rings. The third-order valence-electron chi connectivity index (χ3n) is 5.36. The molecule has 164 valence electrons. The van der Waals surface area contributed by atoms with Crippen LogP contribution in [0.3, 0.4) is 0 Å². The number of benzene rings is 2. The minimum absolute atomic E-state index is 0.144. The van der Waals surface area contributed by atoms with Gasteiger partial charge in [0.2, 0.25) is 5.91 Å². The van der Waals surface area contributed by atoms with Crippen molar-refractivity contribution in [1.82, 2.24) is 25.9 Å². The fourth-order valence-electron chi connectivity index (χ4n) is 3.63. The maximum absolute atomic E-state index is 12.7. The first kappa shape index (κ1) is 21.6. The first-order valence-electron chi connectivity index (χ1n) is 10.3. The predicted octanol–water partition coefficient (Wildman–Crippen LogP) is 3.04. The smallest absolute Gasteiger partial charge is 0.287 e. The SMILES string of the molecule is O=C(NNC(=O)[C@@H]1CCCN(C(=O)c2ccc(Cl)cc2)C1)c1cc(-c2ccccc2)n[nH]1. The summed E-state index contributed by atoms with van der Waals surface area (Å²) in [5, 5.41) is 7.37. The molecule has 8 nitrogen and oxygen atoms in total. The Kier molecular flexibility index (Phi) is 6.51. The number of amides is 3. The number of hydrazine groups is 1. The van der Waals surface area contributed by atoms with E-state index in [2.05, 4.69) is 21.0 Å². The molecule has 3 aromatic rings. The number of H-pyrrole nitrogens is 1. The van der Waals surface area contributed by atoms with Gasteiger partial charge in [-0.1, -0.05) is 41.9 Å². The molecular formula is C23H22ClN5O3. The second kappa shape index (κ2) is 9.65. The molecule has 4 rings (SSSR count). The van der Waals surface area contributed by atoms with Gasteiger partial charge in [-0.05, 0) is 43.2 Å².